The van der Waals surface area contributed by atoms with Gasteiger partial charge in [-0.3, -0.25) is 0 Å². The summed E-state index contributed by atoms with van der Waals surface area (Å²) in [6, 6.07) is 15.2. The number of rotatable bonds is 3. The van der Waals surface area contributed by atoms with E-state index in [0.29, 0.717) is 5.92 Å². The lowest BCUT2D eigenvalue weighted by Gasteiger charge is -2.17. The summed E-state index contributed by atoms with van der Waals surface area (Å²) in [6.07, 6.45) is 2.01. The first-order valence-electron chi connectivity index (χ1n) is 7.72. The molecule has 0 bridgehead atoms. The summed E-state index contributed by atoms with van der Waals surface area (Å²) in [4.78, 5) is 0. The number of ether oxygens (including phenoxy) is 1. The largest absolute Gasteiger partial charge is 0.496 e. The maximum Gasteiger partial charge on any atom is 0.122 e. The summed E-state index contributed by atoms with van der Waals surface area (Å²) in [5.41, 5.74) is 5.53. The zero-order valence-corrected chi connectivity index (χ0v) is 14.1. The van der Waals surface area contributed by atoms with Crippen LogP contribution in [0.4, 0.5) is 0 Å². The second-order valence-corrected chi connectivity index (χ2v) is 5.88. The summed E-state index contributed by atoms with van der Waals surface area (Å²) < 4.78 is 5.64. The third-order valence-corrected chi connectivity index (χ3v) is 4.33. The molecule has 2 aromatic carbocycles. The molecule has 0 fully saturated rings. The molecule has 0 amide bonds. The van der Waals surface area contributed by atoms with Gasteiger partial charge in [-0.15, -0.1) is 12.4 Å². The second-order valence-electron chi connectivity index (χ2n) is 5.88. The SMILES string of the molecule is COc1cc2c(cc1Cc1ccccc1)[C@@H](C)CNCC2.Cl. The van der Waals surface area contributed by atoms with Crippen molar-refractivity contribution in [3.05, 3.63) is 64.7 Å². The maximum atomic E-state index is 5.64. The monoisotopic (exact) mass is 317 g/mol. The highest BCUT2D eigenvalue weighted by Gasteiger charge is 2.17. The quantitative estimate of drug-likeness (QED) is 0.925. The molecular weight excluding hydrogens is 294 g/mol. The van der Waals surface area contributed by atoms with Gasteiger partial charge in [-0.05, 0) is 47.2 Å². The molecule has 0 spiro atoms. The van der Waals surface area contributed by atoms with Crippen molar-refractivity contribution in [2.75, 3.05) is 20.2 Å². The van der Waals surface area contributed by atoms with E-state index in [1.807, 2.05) is 0 Å². The van der Waals surface area contributed by atoms with Crippen molar-refractivity contribution in [2.45, 2.75) is 25.7 Å². The number of hydrogen-bond acceptors (Lipinski definition) is 2. The molecule has 3 heteroatoms. The molecular formula is C19H24ClNO. The van der Waals surface area contributed by atoms with Crippen LogP contribution in [0.3, 0.4) is 0 Å². The van der Waals surface area contributed by atoms with Gasteiger partial charge >= 0.3 is 0 Å². The molecule has 1 heterocycles. The Kier molecular flexibility index (Phi) is 5.87. The summed E-state index contributed by atoms with van der Waals surface area (Å²) in [5, 5.41) is 3.51. The Balaban J connectivity index is 0.00000176. The van der Waals surface area contributed by atoms with Gasteiger partial charge < -0.3 is 10.1 Å². The molecule has 1 atom stereocenters. The zero-order chi connectivity index (χ0) is 14.7. The van der Waals surface area contributed by atoms with E-state index in [1.165, 1.54) is 22.3 Å². The van der Waals surface area contributed by atoms with Gasteiger partial charge in [0.25, 0.3) is 0 Å². The summed E-state index contributed by atoms with van der Waals surface area (Å²) >= 11 is 0. The fraction of sp³-hybridized carbons (Fsp3) is 0.368. The molecule has 22 heavy (non-hydrogen) atoms. The molecule has 1 aliphatic rings. The topological polar surface area (TPSA) is 21.3 Å². The highest BCUT2D eigenvalue weighted by Crippen LogP contribution is 2.31. The Bertz CT molecular complexity index is 612. The second kappa shape index (κ2) is 7.66. The molecule has 1 N–H and O–H groups in total. The Hall–Kier alpha value is -1.51. The van der Waals surface area contributed by atoms with Crippen LogP contribution in [-0.4, -0.2) is 20.2 Å². The van der Waals surface area contributed by atoms with Crippen LogP contribution < -0.4 is 10.1 Å². The van der Waals surface area contributed by atoms with Gasteiger partial charge in [-0.25, -0.2) is 0 Å². The molecule has 0 aliphatic carbocycles. The van der Waals surface area contributed by atoms with Crippen LogP contribution >= 0.6 is 12.4 Å². The lowest BCUT2D eigenvalue weighted by molar-refractivity contribution is 0.409. The van der Waals surface area contributed by atoms with Crippen LogP contribution in [0.1, 0.15) is 35.1 Å². The standard InChI is InChI=1S/C19H23NO.ClH/c1-14-13-20-9-8-16-12-19(21-2)17(11-18(14)16)10-15-6-4-3-5-7-15;/h3-7,11-12,14,20H,8-10,13H2,1-2H3;1H/t14-;/m0./s1. The molecule has 0 radical (unpaired) electrons. The number of halogens is 1. The van der Waals surface area contributed by atoms with Crippen LogP contribution in [0.25, 0.3) is 0 Å². The minimum absolute atomic E-state index is 0. The fourth-order valence-electron chi connectivity index (χ4n) is 3.16. The molecule has 118 valence electrons. The van der Waals surface area contributed by atoms with E-state index in [0.717, 1.165) is 31.7 Å². The predicted molar refractivity (Wildman–Crippen MR) is 94.5 cm³/mol. The Morgan fingerprint density at radius 2 is 1.95 bits per heavy atom. The van der Waals surface area contributed by atoms with Gasteiger partial charge in [-0.1, -0.05) is 43.3 Å². The summed E-state index contributed by atoms with van der Waals surface area (Å²) in [5.74, 6) is 1.58. The summed E-state index contributed by atoms with van der Waals surface area (Å²) in [7, 11) is 1.77. The van der Waals surface area contributed by atoms with Crippen molar-refractivity contribution in [2.24, 2.45) is 0 Å². The van der Waals surface area contributed by atoms with E-state index in [2.05, 4.69) is 54.7 Å². The van der Waals surface area contributed by atoms with Crippen molar-refractivity contribution in [1.82, 2.24) is 5.32 Å². The minimum atomic E-state index is 0. The third kappa shape index (κ3) is 3.63. The van der Waals surface area contributed by atoms with Gasteiger partial charge in [0.1, 0.15) is 5.75 Å². The molecule has 1 aliphatic heterocycles. The number of nitrogens with one attached hydrogen (secondary N) is 1. The average molecular weight is 318 g/mol. The fourth-order valence-corrected chi connectivity index (χ4v) is 3.16. The van der Waals surface area contributed by atoms with Crippen molar-refractivity contribution >= 4 is 12.4 Å². The first-order valence-corrected chi connectivity index (χ1v) is 7.72. The van der Waals surface area contributed by atoms with E-state index in [9.17, 15) is 0 Å². The van der Waals surface area contributed by atoms with Crippen LogP contribution in [0.15, 0.2) is 42.5 Å². The summed E-state index contributed by atoms with van der Waals surface area (Å²) in [6.45, 7) is 4.42. The van der Waals surface area contributed by atoms with E-state index >= 15 is 0 Å². The smallest absolute Gasteiger partial charge is 0.122 e. The Morgan fingerprint density at radius 1 is 1.18 bits per heavy atom. The Morgan fingerprint density at radius 3 is 2.68 bits per heavy atom. The average Bonchev–Trinajstić information content (AvgIpc) is 2.69. The van der Waals surface area contributed by atoms with Crippen molar-refractivity contribution in [3.63, 3.8) is 0 Å². The lowest BCUT2D eigenvalue weighted by atomic mass is 9.91. The minimum Gasteiger partial charge on any atom is -0.496 e. The van der Waals surface area contributed by atoms with Crippen LogP contribution in [-0.2, 0) is 12.8 Å². The number of methoxy groups -OCH3 is 1. The van der Waals surface area contributed by atoms with Crippen LogP contribution in [0.5, 0.6) is 5.75 Å². The number of fused-ring (bicyclic) bond motifs is 1. The van der Waals surface area contributed by atoms with Crippen molar-refractivity contribution < 1.29 is 4.74 Å². The van der Waals surface area contributed by atoms with Gasteiger partial charge in [0.2, 0.25) is 0 Å². The molecule has 0 unspecified atom stereocenters. The molecule has 2 nitrogen and oxygen atoms in total. The molecule has 0 aromatic heterocycles. The number of hydrogen-bond donors (Lipinski definition) is 1. The van der Waals surface area contributed by atoms with E-state index < -0.39 is 0 Å². The van der Waals surface area contributed by atoms with Gasteiger partial charge in [0.15, 0.2) is 0 Å². The molecule has 3 rings (SSSR count). The van der Waals surface area contributed by atoms with E-state index in [4.69, 9.17) is 4.74 Å². The Labute approximate surface area is 139 Å². The van der Waals surface area contributed by atoms with Gasteiger partial charge in [0.05, 0.1) is 7.11 Å². The van der Waals surface area contributed by atoms with Crippen LogP contribution in [0, 0.1) is 0 Å². The molecule has 0 saturated heterocycles. The normalized spacial score (nSPS) is 17.1. The highest BCUT2D eigenvalue weighted by molar-refractivity contribution is 5.85. The van der Waals surface area contributed by atoms with Gasteiger partial charge in [-0.2, -0.15) is 0 Å². The first kappa shape index (κ1) is 16.9. The molecule has 2 aromatic rings. The van der Waals surface area contributed by atoms with Crippen molar-refractivity contribution in [1.29, 1.82) is 0 Å². The number of benzene rings is 2. The van der Waals surface area contributed by atoms with Crippen LogP contribution in [0.2, 0.25) is 0 Å². The predicted octanol–water partition coefficient (Wildman–Crippen LogP) is 3.96. The molecule has 0 saturated carbocycles. The van der Waals surface area contributed by atoms with E-state index in [-0.39, 0.29) is 12.4 Å². The van der Waals surface area contributed by atoms with Crippen molar-refractivity contribution in [3.8, 4) is 5.75 Å². The maximum absolute atomic E-state index is 5.64. The van der Waals surface area contributed by atoms with E-state index in [1.54, 1.807) is 7.11 Å². The third-order valence-electron chi connectivity index (χ3n) is 4.33. The van der Waals surface area contributed by atoms with Gasteiger partial charge in [0, 0.05) is 13.0 Å². The first-order chi connectivity index (χ1) is 10.3. The lowest BCUT2D eigenvalue weighted by Crippen LogP contribution is -2.18. The highest BCUT2D eigenvalue weighted by atomic mass is 35.5. The zero-order valence-electron chi connectivity index (χ0n) is 13.3.